The number of rotatable bonds is 6. The van der Waals surface area contributed by atoms with Gasteiger partial charge in [-0.2, -0.15) is 0 Å². The molecule has 1 aromatic carbocycles. The second-order valence-corrected chi connectivity index (χ2v) is 5.68. The van der Waals surface area contributed by atoms with Crippen molar-refractivity contribution in [1.82, 2.24) is 4.90 Å². The summed E-state index contributed by atoms with van der Waals surface area (Å²) in [4.78, 5) is 24.9. The lowest BCUT2D eigenvalue weighted by Gasteiger charge is -2.11. The largest absolute Gasteiger partial charge is 0.329 e. The number of halogens is 1. The van der Waals surface area contributed by atoms with Crippen LogP contribution in [-0.2, 0) is 11.2 Å². The lowest BCUT2D eigenvalue weighted by Crippen LogP contribution is -2.35. The van der Waals surface area contributed by atoms with Crippen LogP contribution in [0, 0.1) is 0 Å². The molecule has 2 amide bonds. The zero-order valence-electron chi connectivity index (χ0n) is 11.2. The minimum absolute atomic E-state index is 0. The predicted molar refractivity (Wildman–Crippen MR) is 84.2 cm³/mol. The number of hydrogen-bond acceptors (Lipinski definition) is 4. The first kappa shape index (κ1) is 17.0. The van der Waals surface area contributed by atoms with Gasteiger partial charge >= 0.3 is 0 Å². The molecule has 0 spiro atoms. The molecule has 0 aliphatic carbocycles. The lowest BCUT2D eigenvalue weighted by atomic mass is 10.1. The maximum atomic E-state index is 12.0. The van der Waals surface area contributed by atoms with Crippen LogP contribution in [0.1, 0.15) is 18.4 Å². The van der Waals surface area contributed by atoms with E-state index in [1.54, 1.807) is 0 Å². The number of carbonyl (C=O) groups is 2. The molecule has 0 radical (unpaired) electrons. The van der Waals surface area contributed by atoms with Gasteiger partial charge in [-0.05, 0) is 24.8 Å². The van der Waals surface area contributed by atoms with Crippen molar-refractivity contribution < 1.29 is 9.59 Å². The van der Waals surface area contributed by atoms with E-state index >= 15 is 0 Å². The highest BCUT2D eigenvalue weighted by Gasteiger charge is 2.38. The van der Waals surface area contributed by atoms with Gasteiger partial charge in [-0.1, -0.05) is 42.1 Å². The third-order valence-electron chi connectivity index (χ3n) is 3.13. The Hall–Kier alpha value is -1.04. The van der Waals surface area contributed by atoms with Crippen molar-refractivity contribution in [3.63, 3.8) is 0 Å². The maximum Gasteiger partial charge on any atom is 0.289 e. The van der Waals surface area contributed by atoms with E-state index in [0.717, 1.165) is 31.0 Å². The SMILES string of the molecule is Cl.NCCN1C(=O)SC(CCCc2ccccc2)C1=O. The smallest absolute Gasteiger partial charge is 0.289 e. The third-order valence-corrected chi connectivity index (χ3v) is 4.28. The summed E-state index contributed by atoms with van der Waals surface area (Å²) in [5.41, 5.74) is 6.67. The summed E-state index contributed by atoms with van der Waals surface area (Å²) in [6, 6.07) is 10.2. The molecule has 20 heavy (non-hydrogen) atoms. The van der Waals surface area contributed by atoms with Crippen LogP contribution >= 0.6 is 24.2 Å². The Labute approximate surface area is 129 Å². The van der Waals surface area contributed by atoms with Gasteiger partial charge in [0.2, 0.25) is 5.91 Å². The number of aryl methyl sites for hydroxylation is 1. The minimum atomic E-state index is -0.220. The highest BCUT2D eigenvalue weighted by molar-refractivity contribution is 8.15. The minimum Gasteiger partial charge on any atom is -0.329 e. The van der Waals surface area contributed by atoms with Gasteiger partial charge in [-0.15, -0.1) is 12.4 Å². The number of hydrogen-bond donors (Lipinski definition) is 1. The Kier molecular flexibility index (Phi) is 7.05. The number of amides is 2. The summed E-state index contributed by atoms with van der Waals surface area (Å²) in [5.74, 6) is -0.0755. The topological polar surface area (TPSA) is 63.4 Å². The van der Waals surface area contributed by atoms with E-state index in [1.807, 2.05) is 18.2 Å². The van der Waals surface area contributed by atoms with Gasteiger partial charge in [0, 0.05) is 13.1 Å². The molecule has 0 bridgehead atoms. The number of carbonyl (C=O) groups excluding carboxylic acids is 2. The van der Waals surface area contributed by atoms with E-state index in [2.05, 4.69) is 12.1 Å². The van der Waals surface area contributed by atoms with Crippen molar-refractivity contribution in [3.05, 3.63) is 35.9 Å². The van der Waals surface area contributed by atoms with Crippen molar-refractivity contribution in [2.45, 2.75) is 24.5 Å². The highest BCUT2D eigenvalue weighted by Crippen LogP contribution is 2.30. The number of benzene rings is 1. The Balaban J connectivity index is 0.00000200. The molecule has 1 heterocycles. The van der Waals surface area contributed by atoms with Gasteiger partial charge in [-0.25, -0.2) is 0 Å². The summed E-state index contributed by atoms with van der Waals surface area (Å²) in [7, 11) is 0. The normalized spacial score (nSPS) is 18.2. The number of nitrogens with zero attached hydrogens (tertiary/aromatic N) is 1. The zero-order valence-corrected chi connectivity index (χ0v) is 12.8. The summed E-state index contributed by atoms with van der Waals surface area (Å²) < 4.78 is 0. The van der Waals surface area contributed by atoms with Crippen LogP contribution in [0.15, 0.2) is 30.3 Å². The van der Waals surface area contributed by atoms with Gasteiger partial charge in [0.1, 0.15) is 0 Å². The van der Waals surface area contributed by atoms with Gasteiger partial charge in [0.05, 0.1) is 5.25 Å². The molecule has 1 fully saturated rings. The fraction of sp³-hybridized carbons (Fsp3) is 0.429. The lowest BCUT2D eigenvalue weighted by molar-refractivity contribution is -0.126. The fourth-order valence-electron chi connectivity index (χ4n) is 2.15. The van der Waals surface area contributed by atoms with Gasteiger partial charge < -0.3 is 5.73 Å². The molecule has 2 rings (SSSR count). The van der Waals surface area contributed by atoms with E-state index in [4.69, 9.17) is 5.73 Å². The Bertz CT molecular complexity index is 456. The second-order valence-electron chi connectivity index (χ2n) is 4.53. The van der Waals surface area contributed by atoms with Gasteiger partial charge in [-0.3, -0.25) is 14.5 Å². The summed E-state index contributed by atoms with van der Waals surface area (Å²) in [6.07, 6.45) is 2.60. The molecule has 4 nitrogen and oxygen atoms in total. The zero-order chi connectivity index (χ0) is 13.7. The first-order valence-corrected chi connectivity index (χ1v) is 7.36. The van der Waals surface area contributed by atoms with Gasteiger partial charge in [0.25, 0.3) is 5.24 Å². The third kappa shape index (κ3) is 4.23. The Morgan fingerprint density at radius 3 is 2.55 bits per heavy atom. The van der Waals surface area contributed by atoms with Crippen LogP contribution in [0.25, 0.3) is 0 Å². The summed E-state index contributed by atoms with van der Waals surface area (Å²) >= 11 is 1.14. The Morgan fingerprint density at radius 1 is 1.20 bits per heavy atom. The van der Waals surface area contributed by atoms with Crippen LogP contribution in [0.4, 0.5) is 4.79 Å². The molecule has 1 atom stereocenters. The molecule has 1 aromatic rings. The molecule has 6 heteroatoms. The number of thioether (sulfide) groups is 1. The maximum absolute atomic E-state index is 12.0. The average molecular weight is 315 g/mol. The predicted octanol–water partition coefficient (Wildman–Crippen LogP) is 2.45. The van der Waals surface area contributed by atoms with Crippen LogP contribution in [0.2, 0.25) is 0 Å². The first-order chi connectivity index (χ1) is 9.22. The van der Waals surface area contributed by atoms with E-state index < -0.39 is 0 Å². The average Bonchev–Trinajstić information content (AvgIpc) is 2.68. The van der Waals surface area contributed by atoms with E-state index in [0.29, 0.717) is 13.1 Å². The van der Waals surface area contributed by atoms with Crippen molar-refractivity contribution in [2.24, 2.45) is 5.73 Å². The molecule has 1 aliphatic rings. The van der Waals surface area contributed by atoms with E-state index in [1.165, 1.54) is 10.5 Å². The molecule has 110 valence electrons. The first-order valence-electron chi connectivity index (χ1n) is 6.48. The van der Waals surface area contributed by atoms with Crippen LogP contribution in [0.5, 0.6) is 0 Å². The van der Waals surface area contributed by atoms with Crippen molar-refractivity contribution >= 4 is 35.3 Å². The van der Waals surface area contributed by atoms with Crippen molar-refractivity contribution in [1.29, 1.82) is 0 Å². The molecule has 1 unspecified atom stereocenters. The quantitative estimate of drug-likeness (QED) is 0.876. The molecule has 1 aliphatic heterocycles. The number of nitrogens with two attached hydrogens (primary N) is 1. The number of imide groups is 1. The van der Waals surface area contributed by atoms with Crippen LogP contribution < -0.4 is 5.73 Å². The molecular weight excluding hydrogens is 296 g/mol. The monoisotopic (exact) mass is 314 g/mol. The second kappa shape index (κ2) is 8.29. The van der Waals surface area contributed by atoms with E-state index in [9.17, 15) is 9.59 Å². The molecule has 2 N–H and O–H groups in total. The van der Waals surface area contributed by atoms with Crippen molar-refractivity contribution in [3.8, 4) is 0 Å². The Morgan fingerprint density at radius 2 is 1.90 bits per heavy atom. The molecule has 0 saturated carbocycles. The molecule has 1 saturated heterocycles. The summed E-state index contributed by atoms with van der Waals surface area (Å²) in [5, 5.41) is -0.372. The van der Waals surface area contributed by atoms with Crippen LogP contribution in [-0.4, -0.2) is 34.4 Å². The standard InChI is InChI=1S/C14H18N2O2S.ClH/c15-9-10-16-13(17)12(19-14(16)18)8-4-7-11-5-2-1-3-6-11;/h1-3,5-6,12H,4,7-10,15H2;1H. The van der Waals surface area contributed by atoms with Gasteiger partial charge in [0.15, 0.2) is 0 Å². The van der Waals surface area contributed by atoms with E-state index in [-0.39, 0.29) is 28.8 Å². The molecular formula is C14H19ClN2O2S. The van der Waals surface area contributed by atoms with Crippen molar-refractivity contribution in [2.75, 3.05) is 13.1 Å². The highest BCUT2D eigenvalue weighted by atomic mass is 35.5. The summed E-state index contributed by atoms with van der Waals surface area (Å²) in [6.45, 7) is 0.661. The van der Waals surface area contributed by atoms with Crippen LogP contribution in [0.3, 0.4) is 0 Å². The molecule has 0 aromatic heterocycles. The fourth-order valence-corrected chi connectivity index (χ4v) is 3.21.